The number of aromatic nitrogens is 4. The van der Waals surface area contributed by atoms with Crippen LogP contribution in [0.5, 0.6) is 0 Å². The van der Waals surface area contributed by atoms with Gasteiger partial charge in [0.05, 0.1) is 5.75 Å². The fourth-order valence-corrected chi connectivity index (χ4v) is 2.80. The number of sulfonamides is 1. The lowest BCUT2D eigenvalue weighted by atomic mass is 10.3. The molecule has 0 spiro atoms. The first kappa shape index (κ1) is 13.9. The molecule has 0 aliphatic heterocycles. The van der Waals surface area contributed by atoms with Gasteiger partial charge < -0.3 is 5.32 Å². The van der Waals surface area contributed by atoms with E-state index < -0.39 is 10.0 Å². The SMILES string of the molecule is NS(=O)(=O)CCNc1ccc2nnc(-c3ccsc3)n2n1. The van der Waals surface area contributed by atoms with E-state index in [1.807, 2.05) is 16.8 Å². The van der Waals surface area contributed by atoms with Crippen LogP contribution in [-0.2, 0) is 10.0 Å². The van der Waals surface area contributed by atoms with Gasteiger partial charge in [-0.1, -0.05) is 0 Å². The van der Waals surface area contributed by atoms with Crippen LogP contribution in [0.15, 0.2) is 29.0 Å². The largest absolute Gasteiger partial charge is 0.368 e. The van der Waals surface area contributed by atoms with Gasteiger partial charge in [-0.3, -0.25) is 0 Å². The fourth-order valence-electron chi connectivity index (χ4n) is 1.78. The van der Waals surface area contributed by atoms with Gasteiger partial charge in [-0.15, -0.1) is 15.3 Å². The minimum Gasteiger partial charge on any atom is -0.368 e. The Labute approximate surface area is 124 Å². The summed E-state index contributed by atoms with van der Waals surface area (Å²) in [7, 11) is -3.49. The van der Waals surface area contributed by atoms with E-state index in [0.29, 0.717) is 17.3 Å². The molecule has 3 heterocycles. The molecule has 0 radical (unpaired) electrons. The summed E-state index contributed by atoms with van der Waals surface area (Å²) in [6.45, 7) is 0.188. The highest BCUT2D eigenvalue weighted by molar-refractivity contribution is 7.89. The Morgan fingerprint density at radius 2 is 2.14 bits per heavy atom. The van der Waals surface area contributed by atoms with E-state index in [4.69, 9.17) is 5.14 Å². The number of nitrogens with zero attached hydrogens (tertiary/aromatic N) is 4. The third-order valence-electron chi connectivity index (χ3n) is 2.73. The Morgan fingerprint density at radius 1 is 1.29 bits per heavy atom. The van der Waals surface area contributed by atoms with Crippen LogP contribution in [0.25, 0.3) is 17.0 Å². The highest BCUT2D eigenvalue weighted by Crippen LogP contribution is 2.20. The van der Waals surface area contributed by atoms with Gasteiger partial charge in [0.2, 0.25) is 10.0 Å². The lowest BCUT2D eigenvalue weighted by molar-refractivity contribution is 0.598. The van der Waals surface area contributed by atoms with E-state index in [-0.39, 0.29) is 12.3 Å². The number of rotatable bonds is 5. The Kier molecular flexibility index (Phi) is 3.57. The smallest absolute Gasteiger partial charge is 0.210 e. The molecule has 0 aliphatic carbocycles. The molecule has 0 amide bonds. The standard InChI is InChI=1S/C11H12N6O2S2/c12-21(18,19)6-4-13-9-1-2-10-14-15-11(17(10)16-9)8-3-5-20-7-8/h1-3,5,7H,4,6H2,(H,13,16)(H2,12,18,19). The molecule has 0 unspecified atom stereocenters. The summed E-state index contributed by atoms with van der Waals surface area (Å²) in [6.07, 6.45) is 0. The summed E-state index contributed by atoms with van der Waals surface area (Å²) < 4.78 is 23.4. The molecule has 3 aromatic heterocycles. The molecule has 3 rings (SSSR count). The van der Waals surface area contributed by atoms with Crippen molar-refractivity contribution >= 4 is 32.8 Å². The number of nitrogens with two attached hydrogens (primary N) is 1. The number of anilines is 1. The molecule has 0 aromatic carbocycles. The van der Waals surface area contributed by atoms with Gasteiger partial charge in [0.1, 0.15) is 5.82 Å². The second-order valence-electron chi connectivity index (χ2n) is 4.32. The molecule has 0 fully saturated rings. The van der Waals surface area contributed by atoms with Gasteiger partial charge in [0.25, 0.3) is 0 Å². The molecule has 0 bridgehead atoms. The highest BCUT2D eigenvalue weighted by atomic mass is 32.2. The predicted octanol–water partition coefficient (Wildman–Crippen LogP) is 0.553. The zero-order chi connectivity index (χ0) is 14.9. The number of fused-ring (bicyclic) bond motifs is 1. The van der Waals surface area contributed by atoms with Crippen LogP contribution in [0, 0.1) is 0 Å². The third kappa shape index (κ3) is 3.17. The number of hydrogen-bond donors (Lipinski definition) is 2. The van der Waals surface area contributed by atoms with Crippen molar-refractivity contribution in [3.63, 3.8) is 0 Å². The monoisotopic (exact) mass is 324 g/mol. The van der Waals surface area contributed by atoms with Gasteiger partial charge in [-0.25, -0.2) is 13.6 Å². The quantitative estimate of drug-likeness (QED) is 0.708. The lowest BCUT2D eigenvalue weighted by Gasteiger charge is -2.05. The average molecular weight is 324 g/mol. The summed E-state index contributed by atoms with van der Waals surface area (Å²) in [5.41, 5.74) is 1.55. The first-order chi connectivity index (χ1) is 10.0. The van der Waals surface area contributed by atoms with Crippen LogP contribution < -0.4 is 10.5 Å². The molecule has 10 heteroatoms. The highest BCUT2D eigenvalue weighted by Gasteiger charge is 2.10. The van der Waals surface area contributed by atoms with E-state index in [1.165, 1.54) is 0 Å². The number of thiophene rings is 1. The maximum absolute atomic E-state index is 10.9. The summed E-state index contributed by atoms with van der Waals surface area (Å²) in [6, 6.07) is 5.41. The normalized spacial score (nSPS) is 11.9. The number of primary sulfonamides is 1. The summed E-state index contributed by atoms with van der Waals surface area (Å²) in [5.74, 6) is 1.01. The predicted molar refractivity (Wildman–Crippen MR) is 80.6 cm³/mol. The van der Waals surface area contributed by atoms with E-state index in [1.54, 1.807) is 28.0 Å². The molecule has 21 heavy (non-hydrogen) atoms. The average Bonchev–Trinajstić information content (AvgIpc) is 3.05. The minimum absolute atomic E-state index is 0.160. The number of hydrogen-bond acceptors (Lipinski definition) is 7. The topological polar surface area (TPSA) is 115 Å². The van der Waals surface area contributed by atoms with Crippen LogP contribution in [0.1, 0.15) is 0 Å². The van der Waals surface area contributed by atoms with Crippen LogP contribution in [0.3, 0.4) is 0 Å². The first-order valence-corrected chi connectivity index (χ1v) is 8.68. The summed E-state index contributed by atoms with van der Waals surface area (Å²) in [5, 5.41) is 24.3. The van der Waals surface area contributed by atoms with Gasteiger partial charge in [0, 0.05) is 17.5 Å². The molecule has 0 saturated heterocycles. The van der Waals surface area contributed by atoms with Crippen LogP contribution >= 0.6 is 11.3 Å². The second kappa shape index (κ2) is 5.39. The van der Waals surface area contributed by atoms with Gasteiger partial charge in [-0.05, 0) is 23.6 Å². The van der Waals surface area contributed by atoms with Crippen LogP contribution in [-0.4, -0.2) is 40.5 Å². The van der Waals surface area contributed by atoms with Crippen LogP contribution in [0.4, 0.5) is 5.82 Å². The minimum atomic E-state index is -3.49. The van der Waals surface area contributed by atoms with Crippen molar-refractivity contribution in [2.24, 2.45) is 5.14 Å². The molecule has 0 saturated carbocycles. The fraction of sp³-hybridized carbons (Fsp3) is 0.182. The molecule has 8 nitrogen and oxygen atoms in total. The zero-order valence-electron chi connectivity index (χ0n) is 10.8. The van der Waals surface area contributed by atoms with Gasteiger partial charge >= 0.3 is 0 Å². The van der Waals surface area contributed by atoms with Crippen molar-refractivity contribution in [1.82, 2.24) is 19.8 Å². The third-order valence-corrected chi connectivity index (χ3v) is 4.19. The van der Waals surface area contributed by atoms with Crippen molar-refractivity contribution < 1.29 is 8.42 Å². The molecular weight excluding hydrogens is 312 g/mol. The maximum atomic E-state index is 10.9. The number of nitrogens with one attached hydrogen (secondary N) is 1. The molecule has 3 N–H and O–H groups in total. The van der Waals surface area contributed by atoms with Crippen molar-refractivity contribution in [3.8, 4) is 11.4 Å². The molecule has 110 valence electrons. The molecule has 0 atom stereocenters. The molecule has 0 aliphatic rings. The van der Waals surface area contributed by atoms with E-state index >= 15 is 0 Å². The van der Waals surface area contributed by atoms with Crippen LogP contribution in [0.2, 0.25) is 0 Å². The summed E-state index contributed by atoms with van der Waals surface area (Å²) in [4.78, 5) is 0. The van der Waals surface area contributed by atoms with E-state index in [9.17, 15) is 8.42 Å². The van der Waals surface area contributed by atoms with Crippen molar-refractivity contribution in [2.75, 3.05) is 17.6 Å². The Bertz CT molecular complexity index is 856. The zero-order valence-corrected chi connectivity index (χ0v) is 12.4. The Hall–Kier alpha value is -2.04. The van der Waals surface area contributed by atoms with E-state index in [0.717, 1.165) is 5.56 Å². The Morgan fingerprint density at radius 3 is 2.86 bits per heavy atom. The van der Waals surface area contributed by atoms with E-state index in [2.05, 4.69) is 20.6 Å². The first-order valence-electron chi connectivity index (χ1n) is 6.02. The van der Waals surface area contributed by atoms with Gasteiger partial charge in [0.15, 0.2) is 11.5 Å². The second-order valence-corrected chi connectivity index (χ2v) is 6.83. The lowest BCUT2D eigenvalue weighted by Crippen LogP contribution is -2.22. The van der Waals surface area contributed by atoms with Crippen molar-refractivity contribution in [2.45, 2.75) is 0 Å². The van der Waals surface area contributed by atoms with Gasteiger partial charge in [-0.2, -0.15) is 15.9 Å². The molecular formula is C11H12N6O2S2. The maximum Gasteiger partial charge on any atom is 0.210 e. The summed E-state index contributed by atoms with van der Waals surface area (Å²) >= 11 is 1.56. The Balaban J connectivity index is 1.87. The van der Waals surface area contributed by atoms with Crippen molar-refractivity contribution in [3.05, 3.63) is 29.0 Å². The molecule has 3 aromatic rings. The van der Waals surface area contributed by atoms with Crippen molar-refractivity contribution in [1.29, 1.82) is 0 Å².